The molecule has 0 bridgehead atoms. The van der Waals surface area contributed by atoms with Crippen LogP contribution >= 0.6 is 0 Å². The van der Waals surface area contributed by atoms with Gasteiger partial charge in [-0.05, 0) is 78.9 Å². The SMILES string of the molecule is CCCC(C)NC(=O)C(c1cc(C)ccc1C)N(C(=O)C(CCC(N)=O)NC(=O)OC(C)(C)C)C(C)CC. The molecule has 0 saturated carbocycles. The molecule has 0 aliphatic carbocycles. The normalized spacial score (nSPS) is 14.6. The second kappa shape index (κ2) is 14.7. The summed E-state index contributed by atoms with van der Waals surface area (Å²) >= 11 is 0. The number of hydrogen-bond donors (Lipinski definition) is 3. The van der Waals surface area contributed by atoms with Crippen molar-refractivity contribution >= 4 is 23.8 Å². The molecule has 9 heteroatoms. The minimum absolute atomic E-state index is 0.0201. The van der Waals surface area contributed by atoms with Gasteiger partial charge in [0.15, 0.2) is 0 Å². The number of hydrogen-bond acceptors (Lipinski definition) is 5. The van der Waals surface area contributed by atoms with Gasteiger partial charge in [0, 0.05) is 18.5 Å². The van der Waals surface area contributed by atoms with E-state index in [-0.39, 0.29) is 30.8 Å². The molecule has 4 N–H and O–H groups in total. The highest BCUT2D eigenvalue weighted by molar-refractivity contribution is 5.93. The van der Waals surface area contributed by atoms with Crippen molar-refractivity contribution in [2.75, 3.05) is 0 Å². The number of ether oxygens (including phenoxy) is 1. The zero-order valence-corrected chi connectivity index (χ0v) is 24.6. The first kappa shape index (κ1) is 32.9. The summed E-state index contributed by atoms with van der Waals surface area (Å²) < 4.78 is 5.38. The van der Waals surface area contributed by atoms with E-state index in [0.717, 1.165) is 24.0 Å². The quantitative estimate of drug-likeness (QED) is 0.346. The molecule has 4 atom stereocenters. The zero-order valence-electron chi connectivity index (χ0n) is 24.6. The topological polar surface area (TPSA) is 131 Å². The van der Waals surface area contributed by atoms with Gasteiger partial charge in [-0.3, -0.25) is 14.4 Å². The Morgan fingerprint density at radius 2 is 1.66 bits per heavy atom. The first-order valence-corrected chi connectivity index (χ1v) is 13.6. The molecule has 0 aliphatic rings. The van der Waals surface area contributed by atoms with E-state index < -0.39 is 35.6 Å². The van der Waals surface area contributed by atoms with Crippen molar-refractivity contribution in [1.29, 1.82) is 0 Å². The number of alkyl carbamates (subject to hydrolysis) is 1. The van der Waals surface area contributed by atoms with E-state index in [2.05, 4.69) is 10.6 Å². The second-order valence-corrected chi connectivity index (χ2v) is 11.2. The van der Waals surface area contributed by atoms with Crippen LogP contribution in [0, 0.1) is 13.8 Å². The smallest absolute Gasteiger partial charge is 0.408 e. The molecule has 4 amide bonds. The average molecular weight is 533 g/mol. The van der Waals surface area contributed by atoms with E-state index in [1.807, 2.05) is 59.7 Å². The number of primary amides is 1. The Hall–Kier alpha value is -3.10. The van der Waals surface area contributed by atoms with Crippen LogP contribution in [0.5, 0.6) is 0 Å². The molecule has 0 saturated heterocycles. The van der Waals surface area contributed by atoms with Crippen LogP contribution in [0.1, 0.15) is 103 Å². The van der Waals surface area contributed by atoms with Gasteiger partial charge in [-0.15, -0.1) is 0 Å². The Balaban J connectivity index is 3.63. The number of nitrogens with one attached hydrogen (secondary N) is 2. The highest BCUT2D eigenvalue weighted by Gasteiger charge is 2.39. The van der Waals surface area contributed by atoms with Crippen molar-refractivity contribution < 1.29 is 23.9 Å². The van der Waals surface area contributed by atoms with Crippen molar-refractivity contribution in [3.05, 3.63) is 34.9 Å². The summed E-state index contributed by atoms with van der Waals surface area (Å²) in [6.45, 7) is 16.8. The highest BCUT2D eigenvalue weighted by atomic mass is 16.6. The lowest BCUT2D eigenvalue weighted by molar-refractivity contribution is -0.145. The number of aryl methyl sites for hydroxylation is 2. The van der Waals surface area contributed by atoms with Crippen molar-refractivity contribution in [3.8, 4) is 0 Å². The van der Waals surface area contributed by atoms with Gasteiger partial charge < -0.3 is 26.0 Å². The van der Waals surface area contributed by atoms with E-state index in [0.29, 0.717) is 12.0 Å². The lowest BCUT2D eigenvalue weighted by Crippen LogP contribution is -2.56. The van der Waals surface area contributed by atoms with Crippen LogP contribution in [0.3, 0.4) is 0 Å². The maximum Gasteiger partial charge on any atom is 0.408 e. The van der Waals surface area contributed by atoms with E-state index >= 15 is 0 Å². The lowest BCUT2D eigenvalue weighted by Gasteiger charge is -2.39. The number of nitrogens with two attached hydrogens (primary N) is 1. The molecular weight excluding hydrogens is 484 g/mol. The van der Waals surface area contributed by atoms with Gasteiger partial charge in [0.25, 0.3) is 0 Å². The van der Waals surface area contributed by atoms with Crippen molar-refractivity contribution in [2.24, 2.45) is 5.73 Å². The monoisotopic (exact) mass is 532 g/mol. The molecule has 0 aromatic heterocycles. The van der Waals surface area contributed by atoms with Crippen molar-refractivity contribution in [2.45, 2.75) is 124 Å². The summed E-state index contributed by atoms with van der Waals surface area (Å²) in [5.41, 5.74) is 7.14. The molecule has 0 heterocycles. The largest absolute Gasteiger partial charge is 0.444 e. The summed E-state index contributed by atoms with van der Waals surface area (Å²) in [5, 5.41) is 5.71. The Kier molecular flexibility index (Phi) is 12.8. The molecule has 9 nitrogen and oxygen atoms in total. The van der Waals surface area contributed by atoms with Gasteiger partial charge in [-0.2, -0.15) is 0 Å². The molecule has 0 fully saturated rings. The predicted octanol–water partition coefficient (Wildman–Crippen LogP) is 4.44. The molecule has 214 valence electrons. The minimum Gasteiger partial charge on any atom is -0.444 e. The number of rotatable bonds is 13. The third-order valence-electron chi connectivity index (χ3n) is 6.35. The third kappa shape index (κ3) is 10.3. The minimum atomic E-state index is -1.11. The first-order valence-electron chi connectivity index (χ1n) is 13.6. The van der Waals surface area contributed by atoms with Crippen molar-refractivity contribution in [1.82, 2.24) is 15.5 Å². The van der Waals surface area contributed by atoms with E-state index in [4.69, 9.17) is 10.5 Å². The fourth-order valence-electron chi connectivity index (χ4n) is 4.27. The number of amides is 4. The molecule has 0 radical (unpaired) electrons. The highest BCUT2D eigenvalue weighted by Crippen LogP contribution is 2.30. The molecule has 0 spiro atoms. The van der Waals surface area contributed by atoms with Crippen LogP contribution in [-0.2, 0) is 19.1 Å². The van der Waals surface area contributed by atoms with Crippen molar-refractivity contribution in [3.63, 3.8) is 0 Å². The molecule has 1 aromatic rings. The molecule has 1 aromatic carbocycles. The Labute approximate surface area is 228 Å². The van der Waals surface area contributed by atoms with E-state index in [1.54, 1.807) is 25.7 Å². The molecule has 0 aliphatic heterocycles. The van der Waals surface area contributed by atoms with Gasteiger partial charge in [-0.25, -0.2) is 4.79 Å². The van der Waals surface area contributed by atoms with Crippen LogP contribution in [-0.4, -0.2) is 52.4 Å². The van der Waals surface area contributed by atoms with E-state index in [9.17, 15) is 19.2 Å². The van der Waals surface area contributed by atoms with Crippen LogP contribution in [0.15, 0.2) is 18.2 Å². The Bertz CT molecular complexity index is 972. The van der Waals surface area contributed by atoms with Crippen LogP contribution in [0.25, 0.3) is 0 Å². The van der Waals surface area contributed by atoms with E-state index in [1.165, 1.54) is 0 Å². The fraction of sp³-hybridized carbons (Fsp3) is 0.655. The molecule has 38 heavy (non-hydrogen) atoms. The van der Waals surface area contributed by atoms with Gasteiger partial charge in [0.2, 0.25) is 17.7 Å². The maximum atomic E-state index is 14.2. The average Bonchev–Trinajstić information content (AvgIpc) is 2.79. The summed E-state index contributed by atoms with van der Waals surface area (Å²) in [6.07, 6.45) is 1.35. The molecular formula is C29H48N4O5. The Morgan fingerprint density at radius 1 is 1.03 bits per heavy atom. The van der Waals surface area contributed by atoms with Gasteiger partial charge >= 0.3 is 6.09 Å². The molecule has 4 unspecified atom stereocenters. The van der Waals surface area contributed by atoms with Gasteiger partial charge in [-0.1, -0.05) is 44.0 Å². The first-order chi connectivity index (χ1) is 17.6. The molecule has 1 rings (SSSR count). The number of carbonyl (C=O) groups is 4. The van der Waals surface area contributed by atoms with Gasteiger partial charge in [0.05, 0.1) is 0 Å². The number of nitrogens with zero attached hydrogens (tertiary/aromatic N) is 1. The summed E-state index contributed by atoms with van der Waals surface area (Å²) in [7, 11) is 0. The van der Waals surface area contributed by atoms with Crippen LogP contribution < -0.4 is 16.4 Å². The summed E-state index contributed by atoms with van der Waals surface area (Å²) in [5.74, 6) is -1.36. The second-order valence-electron chi connectivity index (χ2n) is 11.2. The number of carbonyl (C=O) groups excluding carboxylic acids is 4. The summed E-state index contributed by atoms with van der Waals surface area (Å²) in [4.78, 5) is 53.9. The van der Waals surface area contributed by atoms with Crippen LogP contribution in [0.2, 0.25) is 0 Å². The fourth-order valence-corrected chi connectivity index (χ4v) is 4.27. The zero-order chi connectivity index (χ0) is 29.2. The predicted molar refractivity (Wildman–Crippen MR) is 149 cm³/mol. The summed E-state index contributed by atoms with van der Waals surface area (Å²) in [6, 6.07) is 3.34. The maximum absolute atomic E-state index is 14.2. The van der Waals surface area contributed by atoms with Crippen LogP contribution in [0.4, 0.5) is 4.79 Å². The van der Waals surface area contributed by atoms with Gasteiger partial charge in [0.1, 0.15) is 17.7 Å². The standard InChI is InChI=1S/C29H48N4O5/c1-10-12-20(5)31-26(35)25(22-17-18(3)13-14-19(22)4)33(21(6)11-2)27(36)23(15-16-24(30)34)32-28(37)38-29(7,8)9/h13-14,17,20-21,23,25H,10-12,15-16H2,1-9H3,(H2,30,34)(H,31,35)(H,32,37). The Morgan fingerprint density at radius 3 is 2.18 bits per heavy atom. The number of benzene rings is 1. The third-order valence-corrected chi connectivity index (χ3v) is 6.35. The lowest BCUT2D eigenvalue weighted by atomic mass is 9.94.